The SMILES string of the molecule is CCOC(=O)N1CC(c2ccc3c(c2)CCn2c(OC[C@H](COC)OC)cc(=O)c(C)c2-3)C1. The van der Waals surface area contributed by atoms with Gasteiger partial charge in [-0.1, -0.05) is 18.2 Å². The van der Waals surface area contributed by atoms with Gasteiger partial charge in [-0.15, -0.1) is 0 Å². The normalized spacial score (nSPS) is 15.9. The standard InChI is InChI=1S/C25H32N2O6/c1-5-32-25(29)26-12-19(13-26)17-6-7-21-18(10-17)8-9-27-23(11-22(28)16(2)24(21)27)33-15-20(31-4)14-30-3/h6-7,10-11,19-20H,5,8-9,12-15H2,1-4H3/t20-/m0/s1. The number of benzene rings is 1. The molecule has 2 aliphatic rings. The maximum absolute atomic E-state index is 12.7. The van der Waals surface area contributed by atoms with Gasteiger partial charge in [-0.3, -0.25) is 4.79 Å². The summed E-state index contributed by atoms with van der Waals surface area (Å²) in [6.07, 6.45) is 0.386. The van der Waals surface area contributed by atoms with Crippen LogP contribution in [0.1, 0.15) is 29.5 Å². The Hall–Kier alpha value is -2.84. The van der Waals surface area contributed by atoms with Crippen molar-refractivity contribution in [1.29, 1.82) is 0 Å². The lowest BCUT2D eigenvalue weighted by Crippen LogP contribution is -2.48. The summed E-state index contributed by atoms with van der Waals surface area (Å²) in [5.41, 5.74) is 5.08. The third kappa shape index (κ3) is 4.63. The van der Waals surface area contributed by atoms with Gasteiger partial charge >= 0.3 is 6.09 Å². The van der Waals surface area contributed by atoms with Crippen LogP contribution in [0.25, 0.3) is 11.3 Å². The number of hydrogen-bond donors (Lipinski definition) is 0. The topological polar surface area (TPSA) is 79.2 Å². The van der Waals surface area contributed by atoms with Crippen molar-refractivity contribution in [1.82, 2.24) is 9.47 Å². The van der Waals surface area contributed by atoms with Gasteiger partial charge < -0.3 is 28.4 Å². The van der Waals surface area contributed by atoms with Gasteiger partial charge in [0.25, 0.3) is 0 Å². The number of nitrogens with zero attached hydrogens (tertiary/aromatic N) is 2. The molecule has 0 bridgehead atoms. The molecule has 0 aliphatic carbocycles. The lowest BCUT2D eigenvalue weighted by Gasteiger charge is -2.39. The number of carbonyl (C=O) groups is 1. The number of pyridine rings is 1. The molecule has 178 valence electrons. The molecule has 2 aliphatic heterocycles. The first-order valence-electron chi connectivity index (χ1n) is 11.4. The summed E-state index contributed by atoms with van der Waals surface area (Å²) in [7, 11) is 3.24. The molecular weight excluding hydrogens is 424 g/mol. The maximum Gasteiger partial charge on any atom is 0.409 e. The molecule has 1 fully saturated rings. The molecule has 1 saturated heterocycles. The van der Waals surface area contributed by atoms with Crippen molar-refractivity contribution in [3.05, 3.63) is 51.2 Å². The molecule has 1 aromatic carbocycles. The summed E-state index contributed by atoms with van der Waals surface area (Å²) in [6, 6.07) is 8.00. The summed E-state index contributed by atoms with van der Waals surface area (Å²) in [6.45, 7) is 6.87. The fraction of sp³-hybridized carbons (Fsp3) is 0.520. The monoisotopic (exact) mass is 456 g/mol. The molecule has 1 aromatic heterocycles. The number of amides is 1. The first kappa shape index (κ1) is 23.3. The average molecular weight is 457 g/mol. The van der Waals surface area contributed by atoms with Crippen molar-refractivity contribution in [3.8, 4) is 17.1 Å². The van der Waals surface area contributed by atoms with Crippen molar-refractivity contribution < 1.29 is 23.7 Å². The Labute approximate surface area is 194 Å². The summed E-state index contributed by atoms with van der Waals surface area (Å²) in [5, 5.41) is 0. The smallest absolute Gasteiger partial charge is 0.409 e. The predicted molar refractivity (Wildman–Crippen MR) is 124 cm³/mol. The number of aryl methyl sites for hydroxylation is 1. The molecule has 2 aromatic rings. The van der Waals surface area contributed by atoms with E-state index in [0.717, 1.165) is 24.2 Å². The van der Waals surface area contributed by atoms with Crippen LogP contribution >= 0.6 is 0 Å². The van der Waals surface area contributed by atoms with Crippen molar-refractivity contribution in [2.75, 3.05) is 47.1 Å². The molecule has 8 nitrogen and oxygen atoms in total. The Morgan fingerprint density at radius 2 is 1.97 bits per heavy atom. The van der Waals surface area contributed by atoms with E-state index in [0.29, 0.717) is 50.3 Å². The van der Waals surface area contributed by atoms with Crippen molar-refractivity contribution >= 4 is 6.09 Å². The molecule has 0 spiro atoms. The van der Waals surface area contributed by atoms with Gasteiger partial charge in [0.15, 0.2) is 11.3 Å². The first-order chi connectivity index (χ1) is 16.0. The van der Waals surface area contributed by atoms with Gasteiger partial charge in [0, 0.05) is 57.0 Å². The van der Waals surface area contributed by atoms with Gasteiger partial charge in [-0.25, -0.2) is 4.79 Å². The van der Waals surface area contributed by atoms with Crippen LogP contribution in [0.3, 0.4) is 0 Å². The maximum atomic E-state index is 12.7. The predicted octanol–water partition coefficient (Wildman–Crippen LogP) is 2.98. The minimum atomic E-state index is -0.246. The molecule has 0 unspecified atom stereocenters. The van der Waals surface area contributed by atoms with E-state index >= 15 is 0 Å². The zero-order valence-electron chi connectivity index (χ0n) is 19.8. The van der Waals surface area contributed by atoms with E-state index in [-0.39, 0.29) is 17.6 Å². The number of hydrogen-bond acceptors (Lipinski definition) is 6. The molecular formula is C25H32N2O6. The van der Waals surface area contributed by atoms with Crippen LogP contribution in [0.15, 0.2) is 29.1 Å². The first-order valence-corrected chi connectivity index (χ1v) is 11.4. The second kappa shape index (κ2) is 9.97. The Bertz CT molecular complexity index is 1070. The van der Waals surface area contributed by atoms with E-state index < -0.39 is 0 Å². The van der Waals surface area contributed by atoms with Gasteiger partial charge in [0.05, 0.1) is 18.9 Å². The lowest BCUT2D eigenvalue weighted by molar-refractivity contribution is -0.000948. The zero-order valence-corrected chi connectivity index (χ0v) is 19.8. The van der Waals surface area contributed by atoms with E-state index in [1.54, 1.807) is 25.2 Å². The van der Waals surface area contributed by atoms with E-state index in [9.17, 15) is 9.59 Å². The Morgan fingerprint density at radius 3 is 2.67 bits per heavy atom. The number of ether oxygens (including phenoxy) is 4. The number of methoxy groups -OCH3 is 2. The number of carbonyl (C=O) groups excluding carboxylic acids is 1. The zero-order chi connectivity index (χ0) is 23.5. The fourth-order valence-electron chi connectivity index (χ4n) is 4.56. The minimum absolute atomic E-state index is 0.0436. The molecule has 4 rings (SSSR count). The van der Waals surface area contributed by atoms with Crippen LogP contribution in [0.2, 0.25) is 0 Å². The molecule has 0 radical (unpaired) electrons. The van der Waals surface area contributed by atoms with Crippen LogP contribution in [0.5, 0.6) is 5.88 Å². The Balaban J connectivity index is 1.57. The third-order valence-electron chi connectivity index (χ3n) is 6.49. The largest absolute Gasteiger partial charge is 0.476 e. The van der Waals surface area contributed by atoms with Crippen LogP contribution in [-0.2, 0) is 27.2 Å². The number of likely N-dealkylation sites (tertiary alicyclic amines) is 1. The highest BCUT2D eigenvalue weighted by atomic mass is 16.6. The second-order valence-corrected chi connectivity index (χ2v) is 8.56. The quantitative estimate of drug-likeness (QED) is 0.608. The van der Waals surface area contributed by atoms with Gasteiger partial charge in [-0.2, -0.15) is 0 Å². The van der Waals surface area contributed by atoms with Crippen LogP contribution < -0.4 is 10.2 Å². The van der Waals surface area contributed by atoms with Gasteiger partial charge in [0.1, 0.15) is 12.7 Å². The average Bonchev–Trinajstić information content (AvgIpc) is 2.78. The Morgan fingerprint density at radius 1 is 1.18 bits per heavy atom. The van der Waals surface area contributed by atoms with Gasteiger partial charge in [-0.05, 0) is 31.4 Å². The van der Waals surface area contributed by atoms with Crippen LogP contribution in [0, 0.1) is 6.92 Å². The van der Waals surface area contributed by atoms with E-state index in [1.165, 1.54) is 11.1 Å². The molecule has 0 N–H and O–H groups in total. The number of fused-ring (bicyclic) bond motifs is 3. The summed E-state index contributed by atoms with van der Waals surface area (Å²) >= 11 is 0. The minimum Gasteiger partial charge on any atom is -0.476 e. The molecule has 3 heterocycles. The van der Waals surface area contributed by atoms with Crippen LogP contribution in [0.4, 0.5) is 4.79 Å². The highest BCUT2D eigenvalue weighted by molar-refractivity contribution is 5.71. The van der Waals surface area contributed by atoms with Crippen molar-refractivity contribution in [2.45, 2.75) is 38.8 Å². The molecule has 33 heavy (non-hydrogen) atoms. The lowest BCUT2D eigenvalue weighted by atomic mass is 9.86. The molecule has 1 atom stereocenters. The molecule has 8 heteroatoms. The third-order valence-corrected chi connectivity index (χ3v) is 6.49. The summed E-state index contributed by atoms with van der Waals surface area (Å²) < 4.78 is 23.7. The van der Waals surface area contributed by atoms with Gasteiger partial charge in [0.2, 0.25) is 0 Å². The molecule has 1 amide bonds. The van der Waals surface area contributed by atoms with E-state index in [4.69, 9.17) is 18.9 Å². The van der Waals surface area contributed by atoms with Crippen molar-refractivity contribution in [2.24, 2.45) is 0 Å². The number of rotatable bonds is 8. The number of aromatic nitrogens is 1. The highest BCUT2D eigenvalue weighted by Gasteiger charge is 2.33. The summed E-state index contributed by atoms with van der Waals surface area (Å²) in [4.78, 5) is 26.3. The van der Waals surface area contributed by atoms with Crippen molar-refractivity contribution in [3.63, 3.8) is 0 Å². The van der Waals surface area contributed by atoms with E-state index in [2.05, 4.69) is 22.8 Å². The molecule has 0 saturated carbocycles. The second-order valence-electron chi connectivity index (χ2n) is 8.56. The van der Waals surface area contributed by atoms with Crippen LogP contribution in [-0.4, -0.2) is 68.8 Å². The fourth-order valence-corrected chi connectivity index (χ4v) is 4.56. The highest BCUT2D eigenvalue weighted by Crippen LogP contribution is 2.37. The Kier molecular flexibility index (Phi) is 7.05. The van der Waals surface area contributed by atoms with E-state index in [1.807, 2.05) is 13.8 Å². The summed E-state index contributed by atoms with van der Waals surface area (Å²) in [5.74, 6) is 0.865.